The molecule has 0 radical (unpaired) electrons. The van der Waals surface area contributed by atoms with Crippen LogP contribution in [0.1, 0.15) is 60.8 Å². The summed E-state index contributed by atoms with van der Waals surface area (Å²) in [5.74, 6) is 0.328. The molecule has 1 fully saturated rings. The van der Waals surface area contributed by atoms with Crippen molar-refractivity contribution < 1.29 is 12.8 Å². The number of hydrogen-bond acceptors (Lipinski definition) is 3. The topological polar surface area (TPSA) is 72.2 Å². The molecule has 0 heterocycles. The summed E-state index contributed by atoms with van der Waals surface area (Å²) < 4.78 is 40.7. The lowest BCUT2D eigenvalue weighted by atomic mass is 9.76. The molecule has 1 saturated carbocycles. The summed E-state index contributed by atoms with van der Waals surface area (Å²) >= 11 is 0. The lowest BCUT2D eigenvalue weighted by molar-refractivity contribution is 0.467. The van der Waals surface area contributed by atoms with Gasteiger partial charge in [-0.25, -0.2) is 17.5 Å². The van der Waals surface area contributed by atoms with Crippen LogP contribution in [0.15, 0.2) is 42.5 Å². The van der Waals surface area contributed by atoms with Crippen LogP contribution in [0.4, 0.5) is 4.39 Å². The van der Waals surface area contributed by atoms with Gasteiger partial charge in [-0.1, -0.05) is 30.3 Å². The molecule has 2 aliphatic rings. The number of nitrogens with one attached hydrogen (secondary N) is 1. The highest BCUT2D eigenvalue weighted by molar-refractivity contribution is 7.90. The van der Waals surface area contributed by atoms with Crippen molar-refractivity contribution >= 4 is 10.0 Å². The lowest BCUT2D eigenvalue weighted by Gasteiger charge is -2.32. The second-order valence-corrected chi connectivity index (χ2v) is 11.4. The number of halogens is 1. The first-order valence-corrected chi connectivity index (χ1v) is 13.0. The Hall–Kier alpha value is -1.76. The SMILES string of the molecule is CC(C1CC1)S(=O)(=O)NCCCc1ccc2c(c1)C(Cc1ccc(F)cc1)C(N)CC2. The molecule has 0 aliphatic heterocycles. The average Bonchev–Trinajstić information content (AvgIpc) is 3.59. The van der Waals surface area contributed by atoms with E-state index in [9.17, 15) is 12.8 Å². The van der Waals surface area contributed by atoms with Crippen LogP contribution in [-0.4, -0.2) is 26.3 Å². The Balaban J connectivity index is 1.39. The van der Waals surface area contributed by atoms with Crippen molar-refractivity contribution in [2.24, 2.45) is 11.7 Å². The van der Waals surface area contributed by atoms with Gasteiger partial charge in [-0.3, -0.25) is 0 Å². The van der Waals surface area contributed by atoms with Crippen molar-refractivity contribution in [2.45, 2.75) is 69.1 Å². The summed E-state index contributed by atoms with van der Waals surface area (Å²) in [6, 6.07) is 13.4. The fraction of sp³-hybridized carbons (Fsp3) is 0.520. The third-order valence-corrected chi connectivity index (χ3v) is 8.93. The summed E-state index contributed by atoms with van der Waals surface area (Å²) in [6.45, 7) is 2.28. The van der Waals surface area contributed by atoms with Crippen LogP contribution >= 0.6 is 0 Å². The van der Waals surface area contributed by atoms with Crippen molar-refractivity contribution in [3.8, 4) is 0 Å². The first-order valence-electron chi connectivity index (χ1n) is 11.4. The maximum Gasteiger partial charge on any atom is 0.214 e. The van der Waals surface area contributed by atoms with Crippen molar-refractivity contribution in [3.63, 3.8) is 0 Å². The van der Waals surface area contributed by atoms with E-state index in [2.05, 4.69) is 22.9 Å². The van der Waals surface area contributed by atoms with E-state index in [0.717, 1.165) is 50.5 Å². The molecule has 3 unspecified atom stereocenters. The lowest BCUT2D eigenvalue weighted by Crippen LogP contribution is -2.35. The highest BCUT2D eigenvalue weighted by Crippen LogP contribution is 2.36. The Bertz CT molecular complexity index is 1000. The first kappa shape index (κ1) is 22.4. The molecule has 2 aliphatic carbocycles. The maximum atomic E-state index is 13.3. The molecule has 0 spiro atoms. The molecule has 0 saturated heterocycles. The summed E-state index contributed by atoms with van der Waals surface area (Å²) in [5.41, 5.74) is 11.4. The second-order valence-electron chi connectivity index (χ2n) is 9.26. The van der Waals surface area contributed by atoms with Gasteiger partial charge in [0.25, 0.3) is 0 Å². The summed E-state index contributed by atoms with van der Waals surface area (Å²) in [7, 11) is -3.21. The third kappa shape index (κ3) is 5.54. The van der Waals surface area contributed by atoms with Gasteiger partial charge in [0.1, 0.15) is 5.82 Å². The minimum absolute atomic E-state index is 0.0866. The van der Waals surface area contributed by atoms with Crippen LogP contribution in [-0.2, 0) is 29.3 Å². The van der Waals surface area contributed by atoms with Crippen LogP contribution in [0, 0.1) is 11.7 Å². The molecule has 3 N–H and O–H groups in total. The Morgan fingerprint density at radius 1 is 1.10 bits per heavy atom. The zero-order valence-corrected chi connectivity index (χ0v) is 19.0. The van der Waals surface area contributed by atoms with Crippen LogP contribution in [0.2, 0.25) is 0 Å². The highest BCUT2D eigenvalue weighted by Gasteiger charge is 2.36. The van der Waals surface area contributed by atoms with Crippen molar-refractivity contribution in [1.82, 2.24) is 4.72 Å². The number of fused-ring (bicyclic) bond motifs is 1. The molecular formula is C25H33FN2O2S. The van der Waals surface area contributed by atoms with Gasteiger partial charge in [0.15, 0.2) is 0 Å². The van der Waals surface area contributed by atoms with E-state index >= 15 is 0 Å². The molecular weight excluding hydrogens is 411 g/mol. The molecule has 31 heavy (non-hydrogen) atoms. The van der Waals surface area contributed by atoms with Gasteiger partial charge in [-0.2, -0.15) is 0 Å². The number of nitrogens with two attached hydrogens (primary N) is 1. The van der Waals surface area contributed by atoms with E-state index in [1.165, 1.54) is 28.8 Å². The molecule has 2 aromatic rings. The Labute approximate surface area is 185 Å². The zero-order chi connectivity index (χ0) is 22.0. The summed E-state index contributed by atoms with van der Waals surface area (Å²) in [6.07, 6.45) is 6.39. The van der Waals surface area contributed by atoms with Gasteiger partial charge >= 0.3 is 0 Å². The monoisotopic (exact) mass is 444 g/mol. The van der Waals surface area contributed by atoms with E-state index in [-0.39, 0.29) is 23.0 Å². The van der Waals surface area contributed by atoms with E-state index in [1.54, 1.807) is 0 Å². The molecule has 168 valence electrons. The number of sulfonamides is 1. The zero-order valence-electron chi connectivity index (χ0n) is 18.2. The smallest absolute Gasteiger partial charge is 0.214 e. The van der Waals surface area contributed by atoms with Crippen LogP contribution < -0.4 is 10.5 Å². The second kappa shape index (κ2) is 9.39. The fourth-order valence-electron chi connectivity index (χ4n) is 4.72. The van der Waals surface area contributed by atoms with E-state index in [0.29, 0.717) is 12.5 Å². The Morgan fingerprint density at radius 3 is 2.52 bits per heavy atom. The van der Waals surface area contributed by atoms with Gasteiger partial charge in [0, 0.05) is 18.5 Å². The van der Waals surface area contributed by atoms with E-state index in [4.69, 9.17) is 5.73 Å². The molecule has 6 heteroatoms. The summed E-state index contributed by atoms with van der Waals surface area (Å²) in [4.78, 5) is 0. The average molecular weight is 445 g/mol. The molecule has 4 rings (SSSR count). The van der Waals surface area contributed by atoms with Crippen molar-refractivity contribution in [3.05, 3.63) is 70.5 Å². The normalized spacial score (nSPS) is 22.2. The molecule has 3 atom stereocenters. The number of rotatable bonds is 9. The third-order valence-electron chi connectivity index (χ3n) is 6.96. The number of benzene rings is 2. The van der Waals surface area contributed by atoms with E-state index in [1.807, 2.05) is 19.1 Å². The largest absolute Gasteiger partial charge is 0.327 e. The highest BCUT2D eigenvalue weighted by atomic mass is 32.2. The minimum atomic E-state index is -3.21. The van der Waals surface area contributed by atoms with Gasteiger partial charge in [-0.15, -0.1) is 0 Å². The predicted molar refractivity (Wildman–Crippen MR) is 123 cm³/mol. The van der Waals surface area contributed by atoms with Crippen LogP contribution in [0.3, 0.4) is 0 Å². The van der Waals surface area contributed by atoms with Crippen LogP contribution in [0.25, 0.3) is 0 Å². The van der Waals surface area contributed by atoms with Crippen molar-refractivity contribution in [1.29, 1.82) is 0 Å². The van der Waals surface area contributed by atoms with E-state index < -0.39 is 10.0 Å². The number of aryl methyl sites for hydroxylation is 2. The molecule has 2 aromatic carbocycles. The molecule has 0 aromatic heterocycles. The minimum Gasteiger partial charge on any atom is -0.327 e. The van der Waals surface area contributed by atoms with Gasteiger partial charge in [-0.05, 0) is 92.2 Å². The Kier molecular flexibility index (Phi) is 6.80. The molecule has 4 nitrogen and oxygen atoms in total. The fourth-order valence-corrected chi connectivity index (χ4v) is 6.19. The van der Waals surface area contributed by atoms with Gasteiger partial charge in [0.05, 0.1) is 5.25 Å². The quantitative estimate of drug-likeness (QED) is 0.573. The van der Waals surface area contributed by atoms with Crippen LogP contribution in [0.5, 0.6) is 0 Å². The standard InChI is InChI=1S/C25H33FN2O2S/c1-17(20-8-9-20)31(29,30)28-14-2-3-18-4-7-21-10-13-25(27)24(23(21)15-18)16-19-5-11-22(26)12-6-19/h4-7,11-12,15,17,20,24-25,28H,2-3,8-10,13-14,16,27H2,1H3. The maximum absolute atomic E-state index is 13.3. The first-order chi connectivity index (χ1) is 14.8. The Morgan fingerprint density at radius 2 is 1.81 bits per heavy atom. The van der Waals surface area contributed by atoms with Crippen molar-refractivity contribution in [2.75, 3.05) is 6.54 Å². The van der Waals surface area contributed by atoms with Gasteiger partial charge < -0.3 is 5.73 Å². The molecule has 0 amide bonds. The predicted octanol–water partition coefficient (Wildman–Crippen LogP) is 4.08. The summed E-state index contributed by atoms with van der Waals surface area (Å²) in [5, 5.41) is -0.287. The number of hydrogen-bond donors (Lipinski definition) is 2. The molecule has 0 bridgehead atoms. The van der Waals surface area contributed by atoms with Gasteiger partial charge in [0.2, 0.25) is 10.0 Å².